The molecule has 2 heteroatoms. The summed E-state index contributed by atoms with van der Waals surface area (Å²) in [5.74, 6) is 0. The Hall–Kier alpha value is -0.500. The van der Waals surface area contributed by atoms with Crippen LogP contribution in [-0.4, -0.2) is 13.3 Å². The highest BCUT2D eigenvalue weighted by Gasteiger charge is 2.15. The van der Waals surface area contributed by atoms with Crippen LogP contribution in [0.3, 0.4) is 0 Å². The van der Waals surface area contributed by atoms with E-state index in [0.717, 1.165) is 4.91 Å². The summed E-state index contributed by atoms with van der Waals surface area (Å²) < 4.78 is 0. The number of nitrogens with zero attached hydrogens (tertiary/aromatic N) is 1. The zero-order chi connectivity index (χ0) is 9.78. The summed E-state index contributed by atoms with van der Waals surface area (Å²) in [5.41, 5.74) is 1.32. The Bertz CT molecular complexity index is 208. The first kappa shape index (κ1) is 11.5. The average Bonchev–Trinajstić information content (AvgIpc) is 1.83. The fourth-order valence-electron chi connectivity index (χ4n) is 0.821. The Kier molecular flexibility index (Phi) is 4.32. The molecule has 0 unspecified atom stereocenters. The number of hydrogen-bond donors (Lipinski definition) is 1. The van der Waals surface area contributed by atoms with Crippen LogP contribution in [0, 0.1) is 5.41 Å². The third kappa shape index (κ3) is 4.39. The van der Waals surface area contributed by atoms with Gasteiger partial charge in [0.25, 0.3) is 0 Å². The summed E-state index contributed by atoms with van der Waals surface area (Å²) in [5, 5.41) is 0. The molecule has 0 saturated carbocycles. The zero-order valence-corrected chi connectivity index (χ0v) is 8.99. The lowest BCUT2D eigenvalue weighted by molar-refractivity contribution is 0.496. The molecule has 0 aliphatic rings. The van der Waals surface area contributed by atoms with E-state index in [-0.39, 0.29) is 5.41 Å². The Labute approximate surface area is 80.7 Å². The molecule has 0 aromatic carbocycles. The van der Waals surface area contributed by atoms with E-state index in [1.807, 2.05) is 6.08 Å². The van der Waals surface area contributed by atoms with Gasteiger partial charge in [-0.25, -0.2) is 0 Å². The van der Waals surface area contributed by atoms with Gasteiger partial charge in [-0.05, 0) is 28.7 Å². The Morgan fingerprint density at radius 3 is 2.25 bits per heavy atom. The molecule has 0 aromatic heterocycles. The first-order valence-electron chi connectivity index (χ1n) is 3.89. The van der Waals surface area contributed by atoms with Crippen molar-refractivity contribution in [1.29, 1.82) is 0 Å². The van der Waals surface area contributed by atoms with Gasteiger partial charge in [0.2, 0.25) is 0 Å². The van der Waals surface area contributed by atoms with E-state index in [4.69, 9.17) is 0 Å². The average molecular weight is 183 g/mol. The van der Waals surface area contributed by atoms with Gasteiger partial charge in [0.15, 0.2) is 0 Å². The third-order valence-corrected chi connectivity index (χ3v) is 1.72. The van der Waals surface area contributed by atoms with Crippen molar-refractivity contribution in [2.45, 2.75) is 20.8 Å². The molecule has 12 heavy (non-hydrogen) atoms. The van der Waals surface area contributed by atoms with Gasteiger partial charge in [-0.1, -0.05) is 27.4 Å². The minimum Gasteiger partial charge on any atom is -0.297 e. The molecular formula is C10H17NS. The molecule has 0 amide bonds. The van der Waals surface area contributed by atoms with Crippen LogP contribution in [0.1, 0.15) is 20.8 Å². The maximum absolute atomic E-state index is 4.13. The number of rotatable bonds is 3. The van der Waals surface area contributed by atoms with Gasteiger partial charge in [0.1, 0.15) is 0 Å². The van der Waals surface area contributed by atoms with E-state index in [1.165, 1.54) is 5.57 Å². The number of allylic oxidation sites excluding steroid dienone is 1. The Morgan fingerprint density at radius 1 is 1.50 bits per heavy atom. The lowest BCUT2D eigenvalue weighted by Crippen LogP contribution is -2.11. The summed E-state index contributed by atoms with van der Waals surface area (Å²) in [6, 6.07) is 0. The van der Waals surface area contributed by atoms with Crippen molar-refractivity contribution < 1.29 is 0 Å². The van der Waals surface area contributed by atoms with E-state index < -0.39 is 0 Å². The van der Waals surface area contributed by atoms with E-state index in [2.05, 4.69) is 51.7 Å². The van der Waals surface area contributed by atoms with Crippen LogP contribution in [0.25, 0.3) is 0 Å². The molecule has 0 bridgehead atoms. The van der Waals surface area contributed by atoms with Crippen molar-refractivity contribution in [3.8, 4) is 0 Å². The van der Waals surface area contributed by atoms with Gasteiger partial charge in [-0.2, -0.15) is 0 Å². The van der Waals surface area contributed by atoms with Crippen molar-refractivity contribution in [2.75, 3.05) is 6.54 Å². The van der Waals surface area contributed by atoms with Gasteiger partial charge >= 0.3 is 0 Å². The van der Waals surface area contributed by atoms with Gasteiger partial charge < -0.3 is 0 Å². The smallest absolute Gasteiger partial charge is 0.0601 e. The minimum absolute atomic E-state index is 0.118. The van der Waals surface area contributed by atoms with E-state index in [9.17, 15) is 0 Å². The van der Waals surface area contributed by atoms with Crippen LogP contribution in [0.15, 0.2) is 28.1 Å². The lowest BCUT2D eigenvalue weighted by atomic mass is 9.86. The predicted octanol–water partition coefficient (Wildman–Crippen LogP) is 3.10. The number of aliphatic imine (C=N–C) groups is 1. The molecule has 68 valence electrons. The van der Waals surface area contributed by atoms with Crippen LogP contribution in [0.4, 0.5) is 0 Å². The van der Waals surface area contributed by atoms with Crippen molar-refractivity contribution in [3.63, 3.8) is 0 Å². The van der Waals surface area contributed by atoms with Gasteiger partial charge in [-0.3, -0.25) is 4.99 Å². The number of thiol groups is 1. The minimum atomic E-state index is 0.118. The number of hydrogen-bond acceptors (Lipinski definition) is 2. The van der Waals surface area contributed by atoms with Crippen LogP contribution in [0.5, 0.6) is 0 Å². The third-order valence-electron chi connectivity index (χ3n) is 1.59. The molecule has 0 saturated heterocycles. The van der Waals surface area contributed by atoms with Gasteiger partial charge in [0, 0.05) is 0 Å². The predicted molar refractivity (Wildman–Crippen MR) is 60.1 cm³/mol. The quantitative estimate of drug-likeness (QED) is 0.392. The topological polar surface area (TPSA) is 12.4 Å². The second kappa shape index (κ2) is 4.51. The first-order chi connectivity index (χ1) is 5.38. The van der Waals surface area contributed by atoms with Crippen molar-refractivity contribution in [2.24, 2.45) is 10.4 Å². The maximum Gasteiger partial charge on any atom is 0.0601 e. The second-order valence-corrected chi connectivity index (χ2v) is 4.37. The Morgan fingerprint density at radius 2 is 2.00 bits per heavy atom. The molecule has 0 rings (SSSR count). The first-order valence-corrected chi connectivity index (χ1v) is 4.34. The van der Waals surface area contributed by atoms with E-state index in [0.29, 0.717) is 6.54 Å². The summed E-state index contributed by atoms with van der Waals surface area (Å²) in [4.78, 5) is 4.63. The molecule has 0 radical (unpaired) electrons. The van der Waals surface area contributed by atoms with E-state index >= 15 is 0 Å². The summed E-state index contributed by atoms with van der Waals surface area (Å²) in [6.07, 6.45) is 1.96. The SMILES string of the molecule is C=NC/C(=C/C(=C)S)C(C)(C)C. The fraction of sp³-hybridized carbons (Fsp3) is 0.500. The van der Waals surface area contributed by atoms with Crippen molar-refractivity contribution in [3.05, 3.63) is 23.1 Å². The molecule has 0 spiro atoms. The van der Waals surface area contributed by atoms with E-state index in [1.54, 1.807) is 0 Å². The van der Waals surface area contributed by atoms with Gasteiger partial charge in [-0.15, -0.1) is 12.6 Å². The monoisotopic (exact) mass is 183 g/mol. The lowest BCUT2D eigenvalue weighted by Gasteiger charge is -2.21. The molecule has 1 nitrogen and oxygen atoms in total. The highest BCUT2D eigenvalue weighted by Crippen LogP contribution is 2.26. The van der Waals surface area contributed by atoms with Crippen LogP contribution in [0.2, 0.25) is 0 Å². The molecular weight excluding hydrogens is 166 g/mol. The Balaban J connectivity index is 4.66. The standard InChI is InChI=1S/C10H17NS/c1-8(12)6-9(7-11-5)10(2,3)4/h6,12H,1,5,7H2,2-4H3/b9-6-. The maximum atomic E-state index is 4.13. The molecule has 0 aliphatic heterocycles. The van der Waals surface area contributed by atoms with Gasteiger partial charge in [0.05, 0.1) is 6.54 Å². The zero-order valence-electron chi connectivity index (χ0n) is 8.09. The second-order valence-electron chi connectivity index (χ2n) is 3.79. The molecule has 0 aromatic rings. The fourth-order valence-corrected chi connectivity index (χ4v) is 0.977. The molecule has 0 fully saturated rings. The highest BCUT2D eigenvalue weighted by atomic mass is 32.1. The van der Waals surface area contributed by atoms with Crippen molar-refractivity contribution in [1.82, 2.24) is 0 Å². The summed E-state index contributed by atoms with van der Waals surface area (Å²) in [6.45, 7) is 14.3. The van der Waals surface area contributed by atoms with Crippen molar-refractivity contribution >= 4 is 19.3 Å². The molecule has 0 heterocycles. The molecule has 0 N–H and O–H groups in total. The van der Waals surface area contributed by atoms with Crippen LogP contribution in [-0.2, 0) is 0 Å². The molecule has 0 atom stereocenters. The van der Waals surface area contributed by atoms with Crippen LogP contribution >= 0.6 is 12.6 Å². The van der Waals surface area contributed by atoms with Crippen LogP contribution < -0.4 is 0 Å². The normalized spacial score (nSPS) is 12.8. The largest absolute Gasteiger partial charge is 0.297 e. The molecule has 0 aliphatic carbocycles. The summed E-state index contributed by atoms with van der Waals surface area (Å²) in [7, 11) is 0. The highest BCUT2D eigenvalue weighted by molar-refractivity contribution is 7.84. The summed E-state index contributed by atoms with van der Waals surface area (Å²) >= 11 is 4.13.